The van der Waals surface area contributed by atoms with Crippen molar-refractivity contribution in [3.8, 4) is 0 Å². The van der Waals surface area contributed by atoms with Crippen LogP contribution in [0.2, 0.25) is 0 Å². The molecule has 0 amide bonds. The third-order valence-corrected chi connectivity index (χ3v) is 1.17. The Balaban J connectivity index is -0.000000125. The van der Waals surface area contributed by atoms with Gasteiger partial charge >= 0.3 is 21.1 Å². The van der Waals surface area contributed by atoms with Gasteiger partial charge in [-0.1, -0.05) is 0 Å². The third kappa shape index (κ3) is 6.06. The molecule has 0 aromatic rings. The van der Waals surface area contributed by atoms with Crippen LogP contribution in [0.5, 0.6) is 0 Å². The fourth-order valence-corrected chi connectivity index (χ4v) is 0.680. The van der Waals surface area contributed by atoms with Crippen LogP contribution in [-0.2, 0) is 21.1 Å². The standard InChI is InChI=1S/2C5H5.Mo.2H/c2*1-2-4-5-3-1;;;/h2*1-3H,4H2;;;/q2*-1;+4;2*-1. The van der Waals surface area contributed by atoms with E-state index in [-0.39, 0.29) is 23.9 Å². The topological polar surface area (TPSA) is 0 Å². The maximum absolute atomic E-state index is 2.99. The van der Waals surface area contributed by atoms with E-state index in [0.29, 0.717) is 0 Å². The molecule has 0 spiro atoms. The second kappa shape index (κ2) is 7.75. The molecule has 0 fully saturated rings. The summed E-state index contributed by atoms with van der Waals surface area (Å²) >= 11 is 0. The molecule has 0 N–H and O–H groups in total. The summed E-state index contributed by atoms with van der Waals surface area (Å²) in [6, 6.07) is 0. The quantitative estimate of drug-likeness (QED) is 0.441. The van der Waals surface area contributed by atoms with Crippen molar-refractivity contribution in [3.05, 3.63) is 48.6 Å². The molecule has 0 aliphatic heterocycles. The largest absolute Gasteiger partial charge is 4.00 e. The minimum atomic E-state index is 0. The van der Waals surface area contributed by atoms with Gasteiger partial charge in [0.15, 0.2) is 0 Å². The van der Waals surface area contributed by atoms with Crippen molar-refractivity contribution in [2.24, 2.45) is 0 Å². The smallest absolute Gasteiger partial charge is 1.00 e. The van der Waals surface area contributed by atoms with Crippen LogP contribution in [0.15, 0.2) is 36.5 Å². The molecule has 58 valence electrons. The monoisotopic (exact) mass is 230 g/mol. The Morgan fingerprint density at radius 3 is 1.45 bits per heavy atom. The first-order chi connectivity index (χ1) is 5.00. The van der Waals surface area contributed by atoms with Crippen LogP contribution in [0.1, 0.15) is 15.7 Å². The molecule has 0 nitrogen and oxygen atoms in total. The zero-order chi connectivity index (χ0) is 7.07. The molecule has 0 saturated heterocycles. The van der Waals surface area contributed by atoms with E-state index >= 15 is 0 Å². The van der Waals surface area contributed by atoms with Crippen molar-refractivity contribution in [2.45, 2.75) is 12.8 Å². The SMILES string of the molecule is [C-]1=CC=CC1.[C-]1=CC=CC1.[H-].[H-].[Mo+4]. The molecule has 2 aliphatic carbocycles. The molecule has 11 heavy (non-hydrogen) atoms. The van der Waals surface area contributed by atoms with Crippen molar-refractivity contribution in [1.82, 2.24) is 0 Å². The van der Waals surface area contributed by atoms with E-state index in [1.54, 1.807) is 0 Å². The van der Waals surface area contributed by atoms with Crippen molar-refractivity contribution in [3.63, 3.8) is 0 Å². The second-order valence-electron chi connectivity index (χ2n) is 2.01. The summed E-state index contributed by atoms with van der Waals surface area (Å²) in [5.41, 5.74) is 0. The molecule has 2 aliphatic rings. The van der Waals surface area contributed by atoms with E-state index in [1.807, 2.05) is 24.3 Å². The summed E-state index contributed by atoms with van der Waals surface area (Å²) in [7, 11) is 0. The second-order valence-corrected chi connectivity index (χ2v) is 2.01. The molecule has 0 heterocycles. The van der Waals surface area contributed by atoms with E-state index in [0.717, 1.165) is 12.8 Å². The molecule has 0 unspecified atom stereocenters. The zero-order valence-electron chi connectivity index (χ0n) is 8.29. The van der Waals surface area contributed by atoms with E-state index in [1.165, 1.54) is 0 Å². The van der Waals surface area contributed by atoms with Crippen molar-refractivity contribution >= 4 is 0 Å². The van der Waals surface area contributed by atoms with Gasteiger partial charge < -0.3 is 2.85 Å². The van der Waals surface area contributed by atoms with Gasteiger partial charge in [-0.3, -0.25) is 12.2 Å². The summed E-state index contributed by atoms with van der Waals surface area (Å²) in [5, 5.41) is 0. The Labute approximate surface area is 85.6 Å². The first-order valence-electron chi connectivity index (χ1n) is 3.43. The summed E-state index contributed by atoms with van der Waals surface area (Å²) in [6.07, 6.45) is 20.0. The van der Waals surface area contributed by atoms with Gasteiger partial charge in [0.2, 0.25) is 0 Å². The molecular formula is C10H12Mo. The Hall–Kier alpha value is -0.352. The molecule has 2 rings (SSSR count). The average molecular weight is 228 g/mol. The van der Waals surface area contributed by atoms with E-state index in [2.05, 4.69) is 24.3 Å². The van der Waals surface area contributed by atoms with Gasteiger partial charge in [0, 0.05) is 0 Å². The molecular weight excluding hydrogens is 216 g/mol. The zero-order valence-corrected chi connectivity index (χ0v) is 8.29. The predicted molar refractivity (Wildman–Crippen MR) is 45.4 cm³/mol. The normalized spacial score (nSPS) is 16.0. The molecule has 0 radical (unpaired) electrons. The Morgan fingerprint density at radius 2 is 1.36 bits per heavy atom. The van der Waals surface area contributed by atoms with Gasteiger partial charge in [0.25, 0.3) is 0 Å². The Bertz CT molecular complexity index is 151. The van der Waals surface area contributed by atoms with Gasteiger partial charge in [-0.15, -0.1) is 12.8 Å². The van der Waals surface area contributed by atoms with Crippen LogP contribution < -0.4 is 0 Å². The molecule has 0 aromatic carbocycles. The third-order valence-electron chi connectivity index (χ3n) is 1.17. The minimum absolute atomic E-state index is 0. The number of hydrogen-bond acceptors (Lipinski definition) is 0. The minimum Gasteiger partial charge on any atom is -1.00 e. The molecule has 0 aromatic heterocycles. The molecule has 0 saturated carbocycles. The Kier molecular flexibility index (Phi) is 7.50. The van der Waals surface area contributed by atoms with Crippen LogP contribution >= 0.6 is 0 Å². The molecule has 1 heteroatoms. The van der Waals surface area contributed by atoms with Gasteiger partial charge in [-0.05, 0) is 0 Å². The molecule has 0 atom stereocenters. The fourth-order valence-electron chi connectivity index (χ4n) is 0.680. The Morgan fingerprint density at radius 1 is 0.909 bits per heavy atom. The maximum atomic E-state index is 2.99. The number of allylic oxidation sites excluding steroid dienone is 8. The summed E-state index contributed by atoms with van der Waals surface area (Å²) in [6.45, 7) is 0. The van der Waals surface area contributed by atoms with E-state index in [9.17, 15) is 0 Å². The van der Waals surface area contributed by atoms with Crippen molar-refractivity contribution < 1.29 is 23.9 Å². The van der Waals surface area contributed by atoms with Crippen LogP contribution in [0.25, 0.3) is 0 Å². The predicted octanol–water partition coefficient (Wildman–Crippen LogP) is 2.83. The number of hydrogen-bond donors (Lipinski definition) is 0. The fraction of sp³-hybridized carbons (Fsp3) is 0.200. The number of rotatable bonds is 0. The molecule has 0 bridgehead atoms. The van der Waals surface area contributed by atoms with Crippen LogP contribution in [0.3, 0.4) is 0 Å². The van der Waals surface area contributed by atoms with Crippen LogP contribution in [0.4, 0.5) is 0 Å². The first-order valence-corrected chi connectivity index (χ1v) is 3.43. The van der Waals surface area contributed by atoms with Crippen LogP contribution in [0, 0.1) is 12.2 Å². The van der Waals surface area contributed by atoms with Gasteiger partial charge in [-0.25, -0.2) is 24.3 Å². The van der Waals surface area contributed by atoms with E-state index < -0.39 is 0 Å². The maximum Gasteiger partial charge on any atom is 4.00 e. The summed E-state index contributed by atoms with van der Waals surface area (Å²) < 4.78 is 0. The summed E-state index contributed by atoms with van der Waals surface area (Å²) in [4.78, 5) is 0. The first kappa shape index (κ1) is 10.6. The van der Waals surface area contributed by atoms with Crippen LogP contribution in [-0.4, -0.2) is 0 Å². The van der Waals surface area contributed by atoms with Gasteiger partial charge in [0.1, 0.15) is 0 Å². The van der Waals surface area contributed by atoms with E-state index in [4.69, 9.17) is 0 Å². The van der Waals surface area contributed by atoms with Crippen molar-refractivity contribution in [1.29, 1.82) is 0 Å². The van der Waals surface area contributed by atoms with Gasteiger partial charge in [-0.2, -0.15) is 12.2 Å². The summed E-state index contributed by atoms with van der Waals surface area (Å²) in [5.74, 6) is 0. The van der Waals surface area contributed by atoms with Gasteiger partial charge in [0.05, 0.1) is 0 Å². The average Bonchev–Trinajstić information content (AvgIpc) is 2.67. The van der Waals surface area contributed by atoms with Crippen molar-refractivity contribution in [2.75, 3.05) is 0 Å².